The average Bonchev–Trinajstić information content (AvgIpc) is 3.19. The molecule has 0 atom stereocenters. The van der Waals surface area contributed by atoms with E-state index in [1.165, 1.54) is 0 Å². The predicted octanol–water partition coefficient (Wildman–Crippen LogP) is 3.54. The summed E-state index contributed by atoms with van der Waals surface area (Å²) < 4.78 is 7.02. The standard InChI is InChI=1S/C21H17ClN4O2/c22-17-5-2-6-18(12-17)26-20(16-4-1-3-15(11-16)14-23)13-19(24-26)21(27)25-7-9-28-10-8-25/h1-6,11-13H,7-10H2. The predicted molar refractivity (Wildman–Crippen MR) is 105 cm³/mol. The lowest BCUT2D eigenvalue weighted by Gasteiger charge is -2.25. The Morgan fingerprint density at radius 2 is 1.89 bits per heavy atom. The topological polar surface area (TPSA) is 71.2 Å². The third-order valence-electron chi connectivity index (χ3n) is 4.57. The van der Waals surface area contributed by atoms with Crippen LogP contribution in [0.4, 0.5) is 0 Å². The number of amides is 1. The highest BCUT2D eigenvalue weighted by atomic mass is 35.5. The van der Waals surface area contributed by atoms with E-state index in [4.69, 9.17) is 16.3 Å². The number of aromatic nitrogens is 2. The van der Waals surface area contributed by atoms with Gasteiger partial charge >= 0.3 is 0 Å². The highest BCUT2D eigenvalue weighted by Gasteiger charge is 2.23. The molecule has 7 heteroatoms. The summed E-state index contributed by atoms with van der Waals surface area (Å²) in [6, 6.07) is 18.4. The Labute approximate surface area is 167 Å². The molecule has 4 rings (SSSR count). The monoisotopic (exact) mass is 392 g/mol. The van der Waals surface area contributed by atoms with Crippen LogP contribution in [0.5, 0.6) is 0 Å². The number of ether oxygens (including phenoxy) is 1. The third kappa shape index (κ3) is 3.63. The maximum Gasteiger partial charge on any atom is 0.274 e. The van der Waals surface area contributed by atoms with Gasteiger partial charge < -0.3 is 9.64 Å². The number of hydrogen-bond donors (Lipinski definition) is 0. The maximum atomic E-state index is 12.9. The summed E-state index contributed by atoms with van der Waals surface area (Å²) in [6.07, 6.45) is 0. The Morgan fingerprint density at radius 1 is 1.11 bits per heavy atom. The number of carbonyl (C=O) groups excluding carboxylic acids is 1. The molecule has 0 radical (unpaired) electrons. The van der Waals surface area contributed by atoms with Gasteiger partial charge in [-0.15, -0.1) is 0 Å². The summed E-state index contributed by atoms with van der Waals surface area (Å²) >= 11 is 6.16. The van der Waals surface area contributed by atoms with Gasteiger partial charge in [-0.2, -0.15) is 10.4 Å². The second-order valence-electron chi connectivity index (χ2n) is 6.40. The second kappa shape index (κ2) is 7.85. The summed E-state index contributed by atoms with van der Waals surface area (Å²) in [6.45, 7) is 2.14. The number of rotatable bonds is 3. The van der Waals surface area contributed by atoms with Crippen molar-refractivity contribution in [3.63, 3.8) is 0 Å². The molecule has 3 aromatic rings. The Kier molecular flexibility index (Phi) is 5.11. The van der Waals surface area contributed by atoms with Crippen molar-refractivity contribution in [3.8, 4) is 23.0 Å². The molecule has 1 saturated heterocycles. The first-order valence-corrected chi connectivity index (χ1v) is 9.27. The minimum absolute atomic E-state index is 0.137. The maximum absolute atomic E-state index is 12.9. The molecule has 0 saturated carbocycles. The van der Waals surface area contributed by atoms with Gasteiger partial charge in [0.15, 0.2) is 5.69 Å². The van der Waals surface area contributed by atoms with Crippen molar-refractivity contribution in [1.82, 2.24) is 14.7 Å². The van der Waals surface area contributed by atoms with Crippen molar-refractivity contribution < 1.29 is 9.53 Å². The molecule has 0 unspecified atom stereocenters. The van der Waals surface area contributed by atoms with Crippen LogP contribution in [-0.4, -0.2) is 46.9 Å². The average molecular weight is 393 g/mol. The second-order valence-corrected chi connectivity index (χ2v) is 6.84. The van der Waals surface area contributed by atoms with Gasteiger partial charge in [-0.3, -0.25) is 4.79 Å². The SMILES string of the molecule is N#Cc1cccc(-c2cc(C(=O)N3CCOCC3)nn2-c2cccc(Cl)c2)c1. The summed E-state index contributed by atoms with van der Waals surface area (Å²) in [4.78, 5) is 14.7. The number of benzene rings is 2. The van der Waals surface area contributed by atoms with Gasteiger partial charge in [0.25, 0.3) is 5.91 Å². The number of carbonyl (C=O) groups is 1. The minimum atomic E-state index is -0.137. The Hall–Kier alpha value is -3.14. The highest BCUT2D eigenvalue weighted by Crippen LogP contribution is 2.26. The lowest BCUT2D eigenvalue weighted by Crippen LogP contribution is -2.40. The van der Waals surface area contributed by atoms with Gasteiger partial charge in [0.05, 0.1) is 36.2 Å². The zero-order valence-corrected chi connectivity index (χ0v) is 15.8. The minimum Gasteiger partial charge on any atom is -0.378 e. The Morgan fingerprint density at radius 3 is 2.64 bits per heavy atom. The van der Waals surface area contributed by atoms with Crippen molar-refractivity contribution >= 4 is 17.5 Å². The molecular formula is C21H17ClN4O2. The fourth-order valence-corrected chi connectivity index (χ4v) is 3.36. The normalized spacial score (nSPS) is 13.9. The lowest BCUT2D eigenvalue weighted by atomic mass is 10.1. The van der Waals surface area contributed by atoms with Crippen molar-refractivity contribution in [2.24, 2.45) is 0 Å². The Balaban J connectivity index is 1.82. The van der Waals surface area contributed by atoms with E-state index in [9.17, 15) is 10.1 Å². The molecule has 1 aromatic heterocycles. The summed E-state index contributed by atoms with van der Waals surface area (Å²) in [5.74, 6) is -0.137. The van der Waals surface area contributed by atoms with Crippen LogP contribution in [0.25, 0.3) is 16.9 Å². The molecule has 140 valence electrons. The van der Waals surface area contributed by atoms with E-state index < -0.39 is 0 Å². The van der Waals surface area contributed by atoms with E-state index in [2.05, 4.69) is 11.2 Å². The zero-order chi connectivity index (χ0) is 19.5. The molecule has 0 bridgehead atoms. The van der Waals surface area contributed by atoms with Gasteiger partial charge in [-0.05, 0) is 36.4 Å². The van der Waals surface area contributed by atoms with Crippen LogP contribution in [0.2, 0.25) is 5.02 Å². The quantitative estimate of drug-likeness (QED) is 0.683. The fourth-order valence-electron chi connectivity index (χ4n) is 3.17. The van der Waals surface area contributed by atoms with Crippen LogP contribution in [0, 0.1) is 11.3 Å². The van der Waals surface area contributed by atoms with E-state index in [0.717, 1.165) is 16.9 Å². The van der Waals surface area contributed by atoms with E-state index in [0.29, 0.717) is 42.6 Å². The zero-order valence-electron chi connectivity index (χ0n) is 15.0. The third-order valence-corrected chi connectivity index (χ3v) is 4.80. The van der Waals surface area contributed by atoms with Gasteiger partial charge in [0.1, 0.15) is 0 Å². The molecule has 0 spiro atoms. The van der Waals surface area contributed by atoms with Crippen molar-refractivity contribution in [3.05, 3.63) is 70.9 Å². The number of nitriles is 1. The van der Waals surface area contributed by atoms with Crippen LogP contribution in [-0.2, 0) is 4.74 Å². The molecule has 28 heavy (non-hydrogen) atoms. The number of nitrogens with zero attached hydrogens (tertiary/aromatic N) is 4. The summed E-state index contributed by atoms with van der Waals surface area (Å²) in [7, 11) is 0. The molecule has 2 aromatic carbocycles. The van der Waals surface area contributed by atoms with Gasteiger partial charge in [-0.25, -0.2) is 4.68 Å². The number of morpholine rings is 1. The molecule has 0 aliphatic carbocycles. The van der Waals surface area contributed by atoms with Crippen molar-refractivity contribution in [2.45, 2.75) is 0 Å². The first kappa shape index (κ1) is 18.2. The van der Waals surface area contributed by atoms with E-state index in [1.54, 1.807) is 39.9 Å². The molecule has 1 fully saturated rings. The van der Waals surface area contributed by atoms with Gasteiger partial charge in [0.2, 0.25) is 0 Å². The molecule has 2 heterocycles. The van der Waals surface area contributed by atoms with Crippen LogP contribution >= 0.6 is 11.6 Å². The largest absolute Gasteiger partial charge is 0.378 e. The van der Waals surface area contributed by atoms with Gasteiger partial charge in [-0.1, -0.05) is 29.8 Å². The van der Waals surface area contributed by atoms with Crippen LogP contribution in [0.1, 0.15) is 16.1 Å². The van der Waals surface area contributed by atoms with E-state index in [1.807, 2.05) is 24.3 Å². The van der Waals surface area contributed by atoms with Crippen LogP contribution in [0.3, 0.4) is 0 Å². The van der Waals surface area contributed by atoms with Crippen LogP contribution in [0.15, 0.2) is 54.6 Å². The molecule has 1 aliphatic heterocycles. The molecular weight excluding hydrogens is 376 g/mol. The number of hydrogen-bond acceptors (Lipinski definition) is 4. The highest BCUT2D eigenvalue weighted by molar-refractivity contribution is 6.30. The summed E-state index contributed by atoms with van der Waals surface area (Å²) in [5, 5.41) is 14.4. The van der Waals surface area contributed by atoms with Crippen LogP contribution < -0.4 is 0 Å². The van der Waals surface area contributed by atoms with E-state index in [-0.39, 0.29) is 5.91 Å². The first-order valence-electron chi connectivity index (χ1n) is 8.89. The smallest absolute Gasteiger partial charge is 0.274 e. The number of halogens is 1. The molecule has 1 amide bonds. The van der Waals surface area contributed by atoms with Gasteiger partial charge in [0, 0.05) is 23.7 Å². The van der Waals surface area contributed by atoms with E-state index >= 15 is 0 Å². The summed E-state index contributed by atoms with van der Waals surface area (Å²) in [5.41, 5.74) is 3.14. The van der Waals surface area contributed by atoms with Crippen molar-refractivity contribution in [2.75, 3.05) is 26.3 Å². The lowest BCUT2D eigenvalue weighted by molar-refractivity contribution is 0.0298. The molecule has 1 aliphatic rings. The Bertz CT molecular complexity index is 1060. The molecule has 6 nitrogen and oxygen atoms in total. The first-order chi connectivity index (χ1) is 13.7. The molecule has 0 N–H and O–H groups in total. The fraction of sp³-hybridized carbons (Fsp3) is 0.190. The van der Waals surface area contributed by atoms with Crippen molar-refractivity contribution in [1.29, 1.82) is 5.26 Å².